The normalized spacial score (nSPS) is 11.5. The van der Waals surface area contributed by atoms with Gasteiger partial charge in [-0.15, -0.1) is 0 Å². The predicted molar refractivity (Wildman–Crippen MR) is 87.8 cm³/mol. The molecule has 0 N–H and O–H groups in total. The van der Waals surface area contributed by atoms with E-state index in [1.54, 1.807) is 0 Å². The summed E-state index contributed by atoms with van der Waals surface area (Å²) in [6.07, 6.45) is 2.77. The SMILES string of the molecule is C=Cc1ccc(CCOCC(C)(C)OSI)cc1. The van der Waals surface area contributed by atoms with Crippen LogP contribution in [0.4, 0.5) is 0 Å². The van der Waals surface area contributed by atoms with Crippen LogP contribution in [0.5, 0.6) is 0 Å². The van der Waals surface area contributed by atoms with Gasteiger partial charge in [0.15, 0.2) is 0 Å². The van der Waals surface area contributed by atoms with Gasteiger partial charge in [0.2, 0.25) is 0 Å². The molecule has 0 saturated carbocycles. The fourth-order valence-electron chi connectivity index (χ4n) is 1.44. The molecule has 0 heterocycles. The molecule has 0 radical (unpaired) electrons. The summed E-state index contributed by atoms with van der Waals surface area (Å²) in [4.78, 5) is 0. The number of ether oxygens (including phenoxy) is 1. The van der Waals surface area contributed by atoms with Crippen LogP contribution in [-0.2, 0) is 15.3 Å². The van der Waals surface area contributed by atoms with Crippen molar-refractivity contribution in [2.45, 2.75) is 25.9 Å². The first-order chi connectivity index (χ1) is 8.57. The van der Waals surface area contributed by atoms with Gasteiger partial charge in [-0.1, -0.05) is 36.9 Å². The zero-order valence-electron chi connectivity index (χ0n) is 10.8. The van der Waals surface area contributed by atoms with Crippen molar-refractivity contribution in [3.63, 3.8) is 0 Å². The maximum absolute atomic E-state index is 5.65. The zero-order valence-corrected chi connectivity index (χ0v) is 13.8. The zero-order chi connectivity index (χ0) is 13.4. The summed E-state index contributed by atoms with van der Waals surface area (Å²) < 4.78 is 11.1. The molecular formula is C14H19IO2S. The van der Waals surface area contributed by atoms with Gasteiger partial charge >= 0.3 is 0 Å². The van der Waals surface area contributed by atoms with Crippen LogP contribution >= 0.6 is 30.4 Å². The minimum atomic E-state index is -0.238. The lowest BCUT2D eigenvalue weighted by atomic mass is 10.1. The van der Waals surface area contributed by atoms with Gasteiger partial charge in [0, 0.05) is 21.2 Å². The highest BCUT2D eigenvalue weighted by atomic mass is 127. The summed E-state index contributed by atoms with van der Waals surface area (Å²) in [7, 11) is 1.35. The monoisotopic (exact) mass is 378 g/mol. The molecule has 0 aliphatic heterocycles. The maximum atomic E-state index is 5.65. The van der Waals surface area contributed by atoms with Crippen LogP contribution in [0, 0.1) is 0 Å². The molecule has 4 heteroatoms. The Hall–Kier alpha value is -0.0400. The Morgan fingerprint density at radius 2 is 2.00 bits per heavy atom. The highest BCUT2D eigenvalue weighted by Crippen LogP contribution is 2.23. The number of halogens is 1. The van der Waals surface area contributed by atoms with E-state index in [1.807, 2.05) is 19.9 Å². The van der Waals surface area contributed by atoms with Gasteiger partial charge in [-0.05, 0) is 31.4 Å². The Balaban J connectivity index is 2.27. The lowest BCUT2D eigenvalue weighted by Crippen LogP contribution is -2.28. The molecule has 0 aromatic heterocycles. The minimum Gasteiger partial charge on any atom is -0.378 e. The quantitative estimate of drug-likeness (QED) is 0.372. The second kappa shape index (κ2) is 8.19. The van der Waals surface area contributed by atoms with Gasteiger partial charge in [0.25, 0.3) is 0 Å². The average molecular weight is 378 g/mol. The molecule has 100 valence electrons. The van der Waals surface area contributed by atoms with Crippen molar-refractivity contribution in [2.24, 2.45) is 0 Å². The summed E-state index contributed by atoms with van der Waals surface area (Å²) in [5.74, 6) is 0. The van der Waals surface area contributed by atoms with Crippen molar-refractivity contribution in [1.29, 1.82) is 0 Å². The van der Waals surface area contributed by atoms with Gasteiger partial charge in [-0.2, -0.15) is 0 Å². The van der Waals surface area contributed by atoms with Gasteiger partial charge in [0.1, 0.15) is 5.60 Å². The van der Waals surface area contributed by atoms with Crippen molar-refractivity contribution in [3.8, 4) is 0 Å². The molecule has 0 aliphatic carbocycles. The van der Waals surface area contributed by atoms with E-state index in [0.29, 0.717) is 13.2 Å². The van der Waals surface area contributed by atoms with E-state index in [-0.39, 0.29) is 5.60 Å². The van der Waals surface area contributed by atoms with Crippen molar-refractivity contribution in [1.82, 2.24) is 0 Å². The fraction of sp³-hybridized carbons (Fsp3) is 0.429. The summed E-state index contributed by atoms with van der Waals surface area (Å²) in [5, 5.41) is 0. The van der Waals surface area contributed by atoms with Crippen molar-refractivity contribution >= 4 is 36.5 Å². The molecule has 1 aromatic carbocycles. The second-order valence-corrected chi connectivity index (χ2v) is 6.03. The van der Waals surface area contributed by atoms with E-state index in [1.165, 1.54) is 14.8 Å². The second-order valence-electron chi connectivity index (χ2n) is 4.65. The van der Waals surface area contributed by atoms with Gasteiger partial charge in [-0.25, -0.2) is 0 Å². The van der Waals surface area contributed by atoms with E-state index in [4.69, 9.17) is 8.92 Å². The van der Waals surface area contributed by atoms with Crippen LogP contribution in [0.15, 0.2) is 30.8 Å². The van der Waals surface area contributed by atoms with Gasteiger partial charge in [-0.3, -0.25) is 4.18 Å². The molecule has 0 fully saturated rings. The molecule has 0 bridgehead atoms. The Kier molecular flexibility index (Phi) is 7.29. The molecule has 0 aliphatic rings. The summed E-state index contributed by atoms with van der Waals surface area (Å²) >= 11 is 2.12. The van der Waals surface area contributed by atoms with Gasteiger partial charge < -0.3 is 4.74 Å². The Morgan fingerprint density at radius 1 is 1.33 bits per heavy atom. The van der Waals surface area contributed by atoms with Crippen LogP contribution in [0.3, 0.4) is 0 Å². The highest BCUT2D eigenvalue weighted by molar-refractivity contribution is 14.2. The average Bonchev–Trinajstić information content (AvgIpc) is 2.35. The molecule has 0 unspecified atom stereocenters. The molecule has 0 atom stereocenters. The summed E-state index contributed by atoms with van der Waals surface area (Å²) in [5.41, 5.74) is 2.19. The van der Waals surface area contributed by atoms with E-state index >= 15 is 0 Å². The van der Waals surface area contributed by atoms with Crippen molar-refractivity contribution < 1.29 is 8.92 Å². The lowest BCUT2D eigenvalue weighted by molar-refractivity contribution is 0.0115. The van der Waals surface area contributed by atoms with E-state index < -0.39 is 0 Å². The summed E-state index contributed by atoms with van der Waals surface area (Å²) in [6, 6.07) is 8.37. The van der Waals surface area contributed by atoms with Gasteiger partial charge in [0.05, 0.1) is 22.4 Å². The Bertz CT molecular complexity index is 363. The van der Waals surface area contributed by atoms with Crippen LogP contribution < -0.4 is 0 Å². The smallest absolute Gasteiger partial charge is 0.101 e. The number of benzene rings is 1. The molecule has 18 heavy (non-hydrogen) atoms. The number of hydrogen-bond donors (Lipinski definition) is 0. The van der Waals surface area contributed by atoms with Crippen LogP contribution in [-0.4, -0.2) is 18.8 Å². The Labute approximate surface area is 126 Å². The van der Waals surface area contributed by atoms with Crippen molar-refractivity contribution in [3.05, 3.63) is 42.0 Å². The molecule has 0 saturated heterocycles. The molecule has 1 rings (SSSR count). The Morgan fingerprint density at radius 3 is 2.56 bits per heavy atom. The third-order valence-corrected chi connectivity index (χ3v) is 3.51. The molecule has 1 aromatic rings. The van der Waals surface area contributed by atoms with Crippen LogP contribution in [0.2, 0.25) is 0 Å². The van der Waals surface area contributed by atoms with E-state index in [9.17, 15) is 0 Å². The molecule has 0 spiro atoms. The fourth-order valence-corrected chi connectivity index (χ4v) is 3.12. The lowest BCUT2D eigenvalue weighted by Gasteiger charge is -2.22. The number of rotatable bonds is 8. The maximum Gasteiger partial charge on any atom is 0.101 e. The first-order valence-electron chi connectivity index (χ1n) is 5.83. The third kappa shape index (κ3) is 6.22. The molecule has 0 amide bonds. The van der Waals surface area contributed by atoms with E-state index in [0.717, 1.165) is 12.0 Å². The first kappa shape index (κ1) is 16.0. The van der Waals surface area contributed by atoms with Crippen LogP contribution in [0.1, 0.15) is 25.0 Å². The largest absolute Gasteiger partial charge is 0.378 e. The van der Waals surface area contributed by atoms with E-state index in [2.05, 4.69) is 52.0 Å². The topological polar surface area (TPSA) is 18.5 Å². The minimum absolute atomic E-state index is 0.238. The van der Waals surface area contributed by atoms with Crippen molar-refractivity contribution in [2.75, 3.05) is 13.2 Å². The molecule has 2 nitrogen and oxygen atoms in total. The molecular weight excluding hydrogens is 359 g/mol. The highest BCUT2D eigenvalue weighted by Gasteiger charge is 2.18. The predicted octanol–water partition coefficient (Wildman–Crippen LogP) is 4.68. The first-order valence-corrected chi connectivity index (χ1v) is 9.11. The summed E-state index contributed by atoms with van der Waals surface area (Å²) in [6.45, 7) is 9.11. The van der Waals surface area contributed by atoms with Crippen LogP contribution in [0.25, 0.3) is 6.08 Å². The standard InChI is InChI=1S/C14H19IO2S/c1-4-12-5-7-13(8-6-12)9-10-16-11-14(2,3)17-18-15/h4-8H,1,9-11H2,2-3H3. The number of hydrogen-bond acceptors (Lipinski definition) is 3. The third-order valence-electron chi connectivity index (χ3n) is 2.46.